The van der Waals surface area contributed by atoms with Crippen LogP contribution in [0.5, 0.6) is 0 Å². The lowest BCUT2D eigenvalue weighted by Gasteiger charge is -2.35. The zero-order valence-corrected chi connectivity index (χ0v) is 19.9. The maximum absolute atomic E-state index is 13.4. The zero-order valence-electron chi connectivity index (χ0n) is 17.6. The van der Waals surface area contributed by atoms with Gasteiger partial charge in [0.1, 0.15) is 5.82 Å². The predicted octanol–water partition coefficient (Wildman–Crippen LogP) is 3.28. The number of ether oxygens (including phenoxy) is 1. The number of hydrogen-bond donors (Lipinski definition) is 2. The van der Waals surface area contributed by atoms with Crippen LogP contribution in [0.25, 0.3) is 0 Å². The van der Waals surface area contributed by atoms with Gasteiger partial charge in [-0.15, -0.1) is 24.0 Å². The molecule has 1 unspecified atom stereocenters. The van der Waals surface area contributed by atoms with Gasteiger partial charge in [-0.1, -0.05) is 18.2 Å². The van der Waals surface area contributed by atoms with E-state index in [2.05, 4.69) is 25.5 Å². The predicted molar refractivity (Wildman–Crippen MR) is 129 cm³/mol. The largest absolute Gasteiger partial charge is 0.379 e. The van der Waals surface area contributed by atoms with Crippen LogP contribution in [0.1, 0.15) is 29.9 Å². The number of aryl methyl sites for hydroxylation is 1. The van der Waals surface area contributed by atoms with Gasteiger partial charge < -0.3 is 15.4 Å². The first-order chi connectivity index (χ1) is 14.2. The molecule has 2 N–H and O–H groups in total. The van der Waals surface area contributed by atoms with Crippen LogP contribution >= 0.6 is 24.0 Å². The van der Waals surface area contributed by atoms with Gasteiger partial charge in [0.2, 0.25) is 0 Å². The molecule has 2 aromatic rings. The van der Waals surface area contributed by atoms with E-state index in [9.17, 15) is 4.39 Å². The van der Waals surface area contributed by atoms with Crippen molar-refractivity contribution in [2.24, 2.45) is 4.99 Å². The summed E-state index contributed by atoms with van der Waals surface area (Å²) < 4.78 is 18.9. The summed E-state index contributed by atoms with van der Waals surface area (Å²) in [6.07, 6.45) is 0. The molecule has 0 bridgehead atoms. The highest BCUT2D eigenvalue weighted by atomic mass is 127. The Labute approximate surface area is 195 Å². The molecular weight excluding hydrogens is 496 g/mol. The fourth-order valence-corrected chi connectivity index (χ4v) is 3.41. The number of hydrogen-bond acceptors (Lipinski definition) is 4. The molecule has 164 valence electrons. The van der Waals surface area contributed by atoms with Crippen molar-refractivity contribution < 1.29 is 9.13 Å². The fraction of sp³-hybridized carbons (Fsp3) is 0.455. The molecule has 1 aromatic carbocycles. The number of rotatable bonds is 7. The van der Waals surface area contributed by atoms with E-state index in [0.717, 1.165) is 42.5 Å². The quantitative estimate of drug-likeness (QED) is 0.329. The van der Waals surface area contributed by atoms with Crippen LogP contribution in [0.2, 0.25) is 0 Å². The van der Waals surface area contributed by atoms with Gasteiger partial charge in [-0.3, -0.25) is 9.88 Å². The van der Waals surface area contributed by atoms with Gasteiger partial charge >= 0.3 is 0 Å². The maximum Gasteiger partial charge on any atom is 0.191 e. The van der Waals surface area contributed by atoms with E-state index in [0.29, 0.717) is 26.3 Å². The van der Waals surface area contributed by atoms with E-state index in [-0.39, 0.29) is 35.8 Å². The Kier molecular flexibility index (Phi) is 10.5. The Balaban J connectivity index is 0.00000320. The summed E-state index contributed by atoms with van der Waals surface area (Å²) in [6.45, 7) is 9.10. The Morgan fingerprint density at radius 1 is 1.17 bits per heavy atom. The molecule has 8 heteroatoms. The third-order valence-electron chi connectivity index (χ3n) is 4.89. The molecule has 1 aliphatic heterocycles. The highest BCUT2D eigenvalue weighted by Crippen LogP contribution is 2.21. The minimum atomic E-state index is -0.219. The SMILES string of the molecule is CCNC(=NCc1cccc(C)n1)NCC(c1ccc(F)cc1)N1CCOCC1.I. The van der Waals surface area contributed by atoms with Gasteiger partial charge in [0, 0.05) is 31.9 Å². The molecule has 2 heterocycles. The standard InChI is InChI=1S/C22H30FN5O.HI/c1-3-24-22(25-15-20-6-4-5-17(2)27-20)26-16-21(28-11-13-29-14-12-28)18-7-9-19(23)10-8-18;/h4-10,21H,3,11-16H2,1-2H3,(H2,24,25,26);1H. The molecule has 0 radical (unpaired) electrons. The molecule has 0 spiro atoms. The van der Waals surface area contributed by atoms with E-state index in [4.69, 9.17) is 4.74 Å². The topological polar surface area (TPSA) is 61.8 Å². The zero-order chi connectivity index (χ0) is 20.5. The van der Waals surface area contributed by atoms with Crippen LogP contribution in [0.15, 0.2) is 47.5 Å². The third kappa shape index (κ3) is 7.48. The van der Waals surface area contributed by atoms with Gasteiger partial charge in [-0.05, 0) is 43.7 Å². The van der Waals surface area contributed by atoms with Crippen molar-refractivity contribution in [2.45, 2.75) is 26.4 Å². The summed E-state index contributed by atoms with van der Waals surface area (Å²) in [5.41, 5.74) is 3.00. The summed E-state index contributed by atoms with van der Waals surface area (Å²) >= 11 is 0. The molecule has 0 saturated carbocycles. The molecule has 1 aliphatic rings. The van der Waals surface area contributed by atoms with Crippen LogP contribution in [0.3, 0.4) is 0 Å². The van der Waals surface area contributed by atoms with Crippen LogP contribution < -0.4 is 10.6 Å². The lowest BCUT2D eigenvalue weighted by molar-refractivity contribution is 0.0170. The molecule has 0 amide bonds. The number of nitrogens with one attached hydrogen (secondary N) is 2. The summed E-state index contributed by atoms with van der Waals surface area (Å²) in [5.74, 6) is 0.527. The van der Waals surface area contributed by atoms with Gasteiger partial charge in [0.05, 0.1) is 31.5 Å². The number of guanidine groups is 1. The molecular formula is C22H31FIN5O. The summed E-state index contributed by atoms with van der Waals surface area (Å²) in [5, 5.41) is 6.75. The Bertz CT molecular complexity index is 796. The molecule has 0 aliphatic carbocycles. The van der Waals surface area contributed by atoms with Crippen LogP contribution in [-0.4, -0.2) is 55.2 Å². The minimum Gasteiger partial charge on any atom is -0.379 e. The van der Waals surface area contributed by atoms with Gasteiger partial charge in [-0.25, -0.2) is 9.38 Å². The van der Waals surface area contributed by atoms with Crippen LogP contribution in [-0.2, 0) is 11.3 Å². The lowest BCUT2D eigenvalue weighted by Crippen LogP contribution is -2.46. The van der Waals surface area contributed by atoms with Gasteiger partial charge in [-0.2, -0.15) is 0 Å². The number of aromatic nitrogens is 1. The van der Waals surface area contributed by atoms with E-state index in [1.807, 2.05) is 44.2 Å². The number of pyridine rings is 1. The van der Waals surface area contributed by atoms with Gasteiger partial charge in [0.15, 0.2) is 5.96 Å². The average Bonchev–Trinajstić information content (AvgIpc) is 2.74. The van der Waals surface area contributed by atoms with Crippen LogP contribution in [0, 0.1) is 12.7 Å². The smallest absolute Gasteiger partial charge is 0.191 e. The Morgan fingerprint density at radius 2 is 1.90 bits per heavy atom. The van der Waals surface area contributed by atoms with E-state index in [1.54, 1.807) is 0 Å². The highest BCUT2D eigenvalue weighted by molar-refractivity contribution is 14.0. The molecule has 1 aromatic heterocycles. The third-order valence-corrected chi connectivity index (χ3v) is 4.89. The summed E-state index contributed by atoms with van der Waals surface area (Å²) in [7, 11) is 0. The molecule has 1 atom stereocenters. The second-order valence-electron chi connectivity index (χ2n) is 7.06. The van der Waals surface area contributed by atoms with Crippen LogP contribution in [0.4, 0.5) is 4.39 Å². The normalized spacial score (nSPS) is 15.9. The van der Waals surface area contributed by atoms with Crippen molar-refractivity contribution in [3.05, 3.63) is 65.2 Å². The molecule has 30 heavy (non-hydrogen) atoms. The fourth-order valence-electron chi connectivity index (χ4n) is 3.41. The van der Waals surface area contributed by atoms with Crippen molar-refractivity contribution in [1.29, 1.82) is 0 Å². The van der Waals surface area contributed by atoms with Crippen molar-refractivity contribution in [3.63, 3.8) is 0 Å². The van der Waals surface area contributed by atoms with Crippen molar-refractivity contribution in [3.8, 4) is 0 Å². The van der Waals surface area contributed by atoms with Crippen molar-refractivity contribution >= 4 is 29.9 Å². The summed E-state index contributed by atoms with van der Waals surface area (Å²) in [4.78, 5) is 11.6. The summed E-state index contributed by atoms with van der Waals surface area (Å²) in [6, 6.07) is 12.8. The first-order valence-electron chi connectivity index (χ1n) is 10.2. The second-order valence-corrected chi connectivity index (χ2v) is 7.06. The minimum absolute atomic E-state index is 0. The number of morpholine rings is 1. The molecule has 1 fully saturated rings. The second kappa shape index (κ2) is 12.8. The first-order valence-corrected chi connectivity index (χ1v) is 10.2. The lowest BCUT2D eigenvalue weighted by atomic mass is 10.0. The van der Waals surface area contributed by atoms with Crippen molar-refractivity contribution in [1.82, 2.24) is 20.5 Å². The first kappa shape index (κ1) is 24.5. The van der Waals surface area contributed by atoms with E-state index in [1.165, 1.54) is 12.1 Å². The molecule has 1 saturated heterocycles. The van der Waals surface area contributed by atoms with Crippen molar-refractivity contribution in [2.75, 3.05) is 39.4 Å². The molecule has 3 rings (SSSR count). The highest BCUT2D eigenvalue weighted by Gasteiger charge is 2.23. The average molecular weight is 527 g/mol. The monoisotopic (exact) mass is 527 g/mol. The molecule has 6 nitrogen and oxygen atoms in total. The van der Waals surface area contributed by atoms with E-state index < -0.39 is 0 Å². The Morgan fingerprint density at radius 3 is 2.57 bits per heavy atom. The van der Waals surface area contributed by atoms with Gasteiger partial charge in [0.25, 0.3) is 0 Å². The number of halogens is 2. The van der Waals surface area contributed by atoms with E-state index >= 15 is 0 Å². The number of benzene rings is 1. The number of aliphatic imine (C=N–C) groups is 1. The number of nitrogens with zero attached hydrogens (tertiary/aromatic N) is 3. The maximum atomic E-state index is 13.4. The Hall–Kier alpha value is -1.78.